The van der Waals surface area contributed by atoms with Crippen LogP contribution in [-0.4, -0.2) is 92.1 Å². The van der Waals surface area contributed by atoms with Crippen LogP contribution in [0.25, 0.3) is 44.4 Å². The van der Waals surface area contributed by atoms with Crippen LogP contribution in [0.2, 0.25) is 5.15 Å². The second kappa shape index (κ2) is 18.4. The Labute approximate surface area is 373 Å². The molecule has 3 aromatic carbocycles. The van der Waals surface area contributed by atoms with Crippen molar-refractivity contribution in [2.75, 3.05) is 14.2 Å². The molecule has 0 radical (unpaired) electrons. The van der Waals surface area contributed by atoms with Gasteiger partial charge in [-0.2, -0.15) is 0 Å². The number of hydrogen-bond donors (Lipinski definition) is 4. The summed E-state index contributed by atoms with van der Waals surface area (Å²) < 4.78 is 9.63. The molecule has 334 valence electrons. The average Bonchev–Trinajstić information content (AvgIpc) is 4.05. The van der Waals surface area contributed by atoms with E-state index < -0.39 is 24.3 Å². The molecule has 0 saturated carbocycles. The molecule has 5 aromatic rings. The van der Waals surface area contributed by atoms with Crippen molar-refractivity contribution in [1.29, 1.82) is 0 Å². The Morgan fingerprint density at radius 2 is 1.13 bits per heavy atom. The molecule has 4 amide bonds. The van der Waals surface area contributed by atoms with Crippen molar-refractivity contribution in [3.8, 4) is 33.6 Å². The number of imidazole rings is 2. The summed E-state index contributed by atoms with van der Waals surface area (Å²) in [6.45, 7) is 15.9. The molecule has 7 rings (SSSR count). The molecule has 2 aromatic heterocycles. The van der Waals surface area contributed by atoms with Gasteiger partial charge < -0.3 is 39.9 Å². The minimum atomic E-state index is -0.753. The number of likely N-dealkylation sites (tertiary alicyclic amines) is 2. The van der Waals surface area contributed by atoms with E-state index in [1.807, 2.05) is 69.7 Å². The third-order valence-electron chi connectivity index (χ3n) is 13.2. The molecule has 4 N–H and O–H groups in total. The number of hydrogen-bond acceptors (Lipinski definition) is 8. The molecule has 8 atom stereocenters. The van der Waals surface area contributed by atoms with Gasteiger partial charge in [0, 0.05) is 23.2 Å². The van der Waals surface area contributed by atoms with Gasteiger partial charge in [-0.15, -0.1) is 0 Å². The van der Waals surface area contributed by atoms with E-state index in [0.717, 1.165) is 45.1 Å². The maximum Gasteiger partial charge on any atom is 0.407 e. The van der Waals surface area contributed by atoms with Crippen molar-refractivity contribution in [3.05, 3.63) is 83.7 Å². The van der Waals surface area contributed by atoms with Crippen molar-refractivity contribution >= 4 is 46.4 Å². The zero-order valence-corrected chi connectivity index (χ0v) is 38.4. The fourth-order valence-corrected chi connectivity index (χ4v) is 9.39. The first-order valence-electron chi connectivity index (χ1n) is 21.8. The van der Waals surface area contributed by atoms with Crippen molar-refractivity contribution in [2.45, 2.75) is 104 Å². The molecule has 4 heterocycles. The number of amides is 4. The van der Waals surface area contributed by atoms with Gasteiger partial charge in [0.25, 0.3) is 0 Å². The standard InChI is InChI=1S/C48H59ClN8O6/c1-24(2)39(53-47(60)62-9)45(58)56-28(7)26(5)19-37(56)43-50-23-36(51-43)35-18-17-33-21-32(15-16-34(33)22-35)30-11-13-31(14-12-30)41-42(49)55-44(52-41)38-20-27(6)29(8)57(38)46(59)40(25(3)4)54-48(61)63-10/h11-18,21-29,37-40H,19-20H2,1-10H3,(H,50,51)(H,52,55)(H,53,60)(H,54,61)/t26-,27-,28-,29-,37+,38+,39+,40+/m1/s1. The van der Waals surface area contributed by atoms with Crippen LogP contribution in [0.1, 0.15) is 92.0 Å². The van der Waals surface area contributed by atoms with E-state index in [4.69, 9.17) is 31.0 Å². The Morgan fingerprint density at radius 3 is 1.63 bits per heavy atom. The van der Waals surface area contributed by atoms with Gasteiger partial charge >= 0.3 is 12.2 Å². The highest BCUT2D eigenvalue weighted by Gasteiger charge is 2.46. The summed E-state index contributed by atoms with van der Waals surface area (Å²) in [5.74, 6) is 1.14. The number of methoxy groups -OCH3 is 2. The number of aromatic amines is 2. The number of carbonyl (C=O) groups excluding carboxylic acids is 4. The number of halogens is 1. The van der Waals surface area contributed by atoms with Crippen LogP contribution in [0.3, 0.4) is 0 Å². The third kappa shape index (κ3) is 9.00. The van der Waals surface area contributed by atoms with E-state index in [9.17, 15) is 19.2 Å². The molecule has 0 aliphatic carbocycles. The third-order valence-corrected chi connectivity index (χ3v) is 13.5. The molecular weight excluding hydrogens is 820 g/mol. The minimum Gasteiger partial charge on any atom is -0.453 e. The lowest BCUT2D eigenvalue weighted by molar-refractivity contribution is -0.138. The van der Waals surface area contributed by atoms with Crippen molar-refractivity contribution in [1.82, 2.24) is 40.4 Å². The van der Waals surface area contributed by atoms with Gasteiger partial charge in [-0.25, -0.2) is 19.6 Å². The molecular formula is C48H59ClN8O6. The molecule has 0 unspecified atom stereocenters. The Hall–Kier alpha value is -5.89. The zero-order chi connectivity index (χ0) is 45.4. The summed E-state index contributed by atoms with van der Waals surface area (Å²) in [6.07, 6.45) is 1.99. The van der Waals surface area contributed by atoms with Gasteiger partial charge in [-0.3, -0.25) is 9.59 Å². The van der Waals surface area contributed by atoms with Gasteiger partial charge in [-0.1, -0.05) is 102 Å². The lowest BCUT2D eigenvalue weighted by atomic mass is 9.98. The van der Waals surface area contributed by atoms with E-state index in [1.54, 1.807) is 0 Å². The fourth-order valence-electron chi connectivity index (χ4n) is 9.14. The maximum atomic E-state index is 14.0. The number of fused-ring (bicyclic) bond motifs is 1. The second-order valence-corrected chi connectivity index (χ2v) is 18.3. The van der Waals surface area contributed by atoms with Crippen LogP contribution in [0.4, 0.5) is 9.59 Å². The lowest BCUT2D eigenvalue weighted by Gasteiger charge is -2.33. The smallest absolute Gasteiger partial charge is 0.407 e. The van der Waals surface area contributed by atoms with Gasteiger partial charge in [0.05, 0.1) is 38.2 Å². The average molecular weight is 880 g/mol. The first-order chi connectivity index (χ1) is 30.0. The highest BCUT2D eigenvalue weighted by molar-refractivity contribution is 6.32. The van der Waals surface area contributed by atoms with Crippen LogP contribution in [0, 0.1) is 23.7 Å². The summed E-state index contributed by atoms with van der Waals surface area (Å²) in [6, 6.07) is 18.6. The van der Waals surface area contributed by atoms with Crippen molar-refractivity contribution in [2.24, 2.45) is 23.7 Å². The Kier molecular flexibility index (Phi) is 13.2. The van der Waals surface area contributed by atoms with Crippen molar-refractivity contribution < 1.29 is 28.7 Å². The number of benzene rings is 3. The number of carbonyl (C=O) groups is 4. The number of aromatic nitrogens is 4. The van der Waals surface area contributed by atoms with Crippen LogP contribution in [0.5, 0.6) is 0 Å². The number of alkyl carbamates (subject to hydrolysis) is 2. The predicted octanol–water partition coefficient (Wildman–Crippen LogP) is 9.30. The van der Waals surface area contributed by atoms with E-state index in [1.165, 1.54) is 14.2 Å². The maximum absolute atomic E-state index is 14.0. The Balaban J connectivity index is 1.07. The molecule has 0 spiro atoms. The minimum absolute atomic E-state index is 0.0405. The molecule has 0 bridgehead atoms. The number of H-pyrrole nitrogens is 2. The monoisotopic (exact) mass is 878 g/mol. The number of nitrogens with zero attached hydrogens (tertiary/aromatic N) is 4. The van der Waals surface area contributed by atoms with Gasteiger partial charge in [0.15, 0.2) is 0 Å². The Morgan fingerprint density at radius 1 is 0.667 bits per heavy atom. The van der Waals surface area contributed by atoms with Crippen LogP contribution in [-0.2, 0) is 19.1 Å². The highest BCUT2D eigenvalue weighted by atomic mass is 35.5. The molecule has 2 aliphatic rings. The van der Waals surface area contributed by atoms with E-state index >= 15 is 0 Å². The molecule has 14 nitrogen and oxygen atoms in total. The first kappa shape index (κ1) is 45.1. The molecule has 2 aliphatic heterocycles. The molecule has 2 fully saturated rings. The number of ether oxygens (including phenoxy) is 2. The highest BCUT2D eigenvalue weighted by Crippen LogP contribution is 2.43. The second-order valence-electron chi connectivity index (χ2n) is 18.0. The fraction of sp³-hybridized carbons (Fsp3) is 0.458. The summed E-state index contributed by atoms with van der Waals surface area (Å²) in [5, 5.41) is 7.99. The molecule has 15 heteroatoms. The first-order valence-corrected chi connectivity index (χ1v) is 22.2. The summed E-state index contributed by atoms with van der Waals surface area (Å²) >= 11 is 6.81. The van der Waals surface area contributed by atoms with Crippen molar-refractivity contribution in [3.63, 3.8) is 0 Å². The van der Waals surface area contributed by atoms with Gasteiger partial charge in [0.1, 0.15) is 34.6 Å². The topological polar surface area (TPSA) is 175 Å². The zero-order valence-electron chi connectivity index (χ0n) is 37.7. The number of rotatable bonds is 11. The van der Waals surface area contributed by atoms with Crippen LogP contribution >= 0.6 is 11.6 Å². The van der Waals surface area contributed by atoms with E-state index in [0.29, 0.717) is 28.9 Å². The van der Waals surface area contributed by atoms with E-state index in [-0.39, 0.29) is 59.7 Å². The summed E-state index contributed by atoms with van der Waals surface area (Å²) in [5.41, 5.74) is 5.36. The summed E-state index contributed by atoms with van der Waals surface area (Å²) in [4.78, 5) is 72.4. The van der Waals surface area contributed by atoms with Crippen LogP contribution in [0.15, 0.2) is 66.9 Å². The normalized spacial score (nSPS) is 22.1. The summed E-state index contributed by atoms with van der Waals surface area (Å²) in [7, 11) is 2.58. The Bertz CT molecular complexity index is 2480. The molecule has 2 saturated heterocycles. The van der Waals surface area contributed by atoms with Gasteiger partial charge in [0.2, 0.25) is 11.8 Å². The number of nitrogens with one attached hydrogen (secondary N) is 4. The quantitative estimate of drug-likeness (QED) is 0.102. The van der Waals surface area contributed by atoms with Crippen LogP contribution < -0.4 is 10.6 Å². The van der Waals surface area contributed by atoms with Gasteiger partial charge in [-0.05, 0) is 84.4 Å². The SMILES string of the molecule is COC(=O)N[C@H](C(=O)N1[C@H](C)[C@H](C)C[C@H]1c1ncc(-c2ccc3cc(-c4ccc(-c5nc([C@@H]6C[C@@H](C)[C@@H](C)N6C(=O)[C@@H](NC(=O)OC)C(C)C)[nH]c5Cl)cc4)ccc3c2)[nH]1)C(C)C. The largest absolute Gasteiger partial charge is 0.453 e. The predicted molar refractivity (Wildman–Crippen MR) is 244 cm³/mol. The molecule has 63 heavy (non-hydrogen) atoms. The lowest BCUT2D eigenvalue weighted by Crippen LogP contribution is -2.53. The van der Waals surface area contributed by atoms with E-state index in [2.05, 4.69) is 83.0 Å².